The first-order valence-electron chi connectivity index (χ1n) is 7.70. The highest BCUT2D eigenvalue weighted by Crippen LogP contribution is 2.18. The topological polar surface area (TPSA) is 31.6 Å². The van der Waals surface area contributed by atoms with Gasteiger partial charge in [0.1, 0.15) is 11.5 Å². The summed E-state index contributed by atoms with van der Waals surface area (Å²) in [4.78, 5) is 4.91. The lowest BCUT2D eigenvalue weighted by atomic mass is 10.2. The standard InChI is InChI=1S/C16H29N3O/c1-12(2)17-9-16-13(3)8-15(20-16)11-19-7-6-18(5)14(4)10-19/h8,12,14,17H,6-7,9-11H2,1-5H3. The Morgan fingerprint density at radius 2 is 2.15 bits per heavy atom. The van der Waals surface area contributed by atoms with Crippen molar-refractivity contribution in [3.63, 3.8) is 0 Å². The molecular formula is C16H29N3O. The highest BCUT2D eigenvalue weighted by Gasteiger charge is 2.21. The number of likely N-dealkylation sites (N-methyl/N-ethyl adjacent to an activating group) is 1. The third-order valence-electron chi connectivity index (χ3n) is 4.17. The van der Waals surface area contributed by atoms with Crippen molar-refractivity contribution in [1.29, 1.82) is 0 Å². The fourth-order valence-corrected chi connectivity index (χ4v) is 2.63. The van der Waals surface area contributed by atoms with Crippen LogP contribution in [0.4, 0.5) is 0 Å². The summed E-state index contributed by atoms with van der Waals surface area (Å²) in [6.07, 6.45) is 0. The minimum Gasteiger partial charge on any atom is -0.463 e. The van der Waals surface area contributed by atoms with E-state index in [2.05, 4.69) is 55.9 Å². The number of nitrogens with one attached hydrogen (secondary N) is 1. The molecule has 0 radical (unpaired) electrons. The molecule has 1 N–H and O–H groups in total. The second-order valence-corrected chi connectivity index (χ2v) is 6.42. The van der Waals surface area contributed by atoms with Crippen molar-refractivity contribution in [1.82, 2.24) is 15.1 Å². The molecule has 4 nitrogen and oxygen atoms in total. The van der Waals surface area contributed by atoms with E-state index in [-0.39, 0.29) is 0 Å². The zero-order valence-corrected chi connectivity index (χ0v) is 13.6. The molecule has 0 aliphatic carbocycles. The summed E-state index contributed by atoms with van der Waals surface area (Å²) < 4.78 is 6.01. The van der Waals surface area contributed by atoms with Gasteiger partial charge in [-0.1, -0.05) is 13.8 Å². The van der Waals surface area contributed by atoms with Crippen molar-refractivity contribution in [3.8, 4) is 0 Å². The highest BCUT2D eigenvalue weighted by molar-refractivity contribution is 5.20. The molecule has 0 saturated carbocycles. The third-order valence-corrected chi connectivity index (χ3v) is 4.17. The predicted molar refractivity (Wildman–Crippen MR) is 82.8 cm³/mol. The Labute approximate surface area is 123 Å². The molecule has 2 heterocycles. The van der Waals surface area contributed by atoms with Gasteiger partial charge in [-0.15, -0.1) is 0 Å². The van der Waals surface area contributed by atoms with Crippen LogP contribution < -0.4 is 5.32 Å². The number of hydrogen-bond donors (Lipinski definition) is 1. The van der Waals surface area contributed by atoms with Gasteiger partial charge < -0.3 is 14.6 Å². The summed E-state index contributed by atoms with van der Waals surface area (Å²) in [5.41, 5.74) is 1.26. The van der Waals surface area contributed by atoms with E-state index in [1.54, 1.807) is 0 Å². The lowest BCUT2D eigenvalue weighted by Crippen LogP contribution is -2.49. The molecule has 1 aliphatic rings. The molecule has 0 spiro atoms. The van der Waals surface area contributed by atoms with Crippen LogP contribution in [0.15, 0.2) is 10.5 Å². The fraction of sp³-hybridized carbons (Fsp3) is 0.750. The Hall–Kier alpha value is -0.840. The lowest BCUT2D eigenvalue weighted by molar-refractivity contribution is 0.0943. The summed E-state index contributed by atoms with van der Waals surface area (Å²) in [5, 5.41) is 3.42. The van der Waals surface area contributed by atoms with Gasteiger partial charge in [-0.05, 0) is 32.5 Å². The van der Waals surface area contributed by atoms with Crippen molar-refractivity contribution in [3.05, 3.63) is 23.2 Å². The molecule has 1 aliphatic heterocycles. The maximum absolute atomic E-state index is 6.01. The van der Waals surface area contributed by atoms with Crippen LogP contribution in [0.25, 0.3) is 0 Å². The Bertz CT molecular complexity index is 427. The van der Waals surface area contributed by atoms with Crippen molar-refractivity contribution in [2.24, 2.45) is 0 Å². The average Bonchev–Trinajstić information content (AvgIpc) is 2.72. The molecule has 1 fully saturated rings. The molecule has 2 rings (SSSR count). The Morgan fingerprint density at radius 1 is 1.40 bits per heavy atom. The number of nitrogens with zero attached hydrogens (tertiary/aromatic N) is 2. The quantitative estimate of drug-likeness (QED) is 0.895. The predicted octanol–water partition coefficient (Wildman–Crippen LogP) is 2.22. The van der Waals surface area contributed by atoms with Gasteiger partial charge in [0.15, 0.2) is 0 Å². The lowest BCUT2D eigenvalue weighted by Gasteiger charge is -2.37. The Kier molecular flexibility index (Phi) is 5.24. The van der Waals surface area contributed by atoms with Crippen molar-refractivity contribution < 1.29 is 4.42 Å². The van der Waals surface area contributed by atoms with Gasteiger partial charge in [0.05, 0.1) is 13.1 Å². The summed E-state index contributed by atoms with van der Waals surface area (Å²) in [5.74, 6) is 2.18. The number of rotatable bonds is 5. The van der Waals surface area contributed by atoms with Crippen molar-refractivity contribution in [2.45, 2.75) is 52.9 Å². The molecule has 0 amide bonds. The van der Waals surface area contributed by atoms with E-state index in [4.69, 9.17) is 4.42 Å². The molecule has 1 aromatic rings. The molecule has 114 valence electrons. The molecule has 1 unspecified atom stereocenters. The molecule has 1 aromatic heterocycles. The van der Waals surface area contributed by atoms with Gasteiger partial charge in [-0.3, -0.25) is 4.90 Å². The van der Waals surface area contributed by atoms with Gasteiger partial charge in [0.25, 0.3) is 0 Å². The van der Waals surface area contributed by atoms with Crippen LogP contribution in [-0.4, -0.2) is 48.6 Å². The van der Waals surface area contributed by atoms with Gasteiger partial charge in [0.2, 0.25) is 0 Å². The normalized spacial score (nSPS) is 21.8. The van der Waals surface area contributed by atoms with Crippen molar-refractivity contribution >= 4 is 0 Å². The largest absolute Gasteiger partial charge is 0.463 e. The average molecular weight is 279 g/mol. The van der Waals surface area contributed by atoms with Gasteiger partial charge in [0, 0.05) is 31.7 Å². The minimum absolute atomic E-state index is 0.487. The van der Waals surface area contributed by atoms with E-state index in [0.717, 1.165) is 44.2 Å². The smallest absolute Gasteiger partial charge is 0.120 e. The van der Waals surface area contributed by atoms with Crippen LogP contribution in [0.2, 0.25) is 0 Å². The maximum atomic E-state index is 6.01. The SMILES string of the molecule is Cc1cc(CN2CCN(C)C(C)C2)oc1CNC(C)C. The fourth-order valence-electron chi connectivity index (χ4n) is 2.63. The van der Waals surface area contributed by atoms with E-state index < -0.39 is 0 Å². The molecule has 4 heteroatoms. The first-order chi connectivity index (χ1) is 9.45. The van der Waals surface area contributed by atoms with E-state index in [1.807, 2.05) is 0 Å². The van der Waals surface area contributed by atoms with Crippen LogP contribution in [0, 0.1) is 6.92 Å². The monoisotopic (exact) mass is 279 g/mol. The number of hydrogen-bond acceptors (Lipinski definition) is 4. The minimum atomic E-state index is 0.487. The maximum Gasteiger partial charge on any atom is 0.120 e. The van der Waals surface area contributed by atoms with Gasteiger partial charge >= 0.3 is 0 Å². The summed E-state index contributed by atoms with van der Waals surface area (Å²) in [7, 11) is 2.20. The second-order valence-electron chi connectivity index (χ2n) is 6.42. The van der Waals surface area contributed by atoms with Crippen LogP contribution >= 0.6 is 0 Å². The van der Waals surface area contributed by atoms with E-state index in [9.17, 15) is 0 Å². The summed E-state index contributed by atoms with van der Waals surface area (Å²) in [6, 6.07) is 3.31. The molecule has 0 aromatic carbocycles. The van der Waals surface area contributed by atoms with E-state index in [0.29, 0.717) is 12.1 Å². The van der Waals surface area contributed by atoms with Crippen LogP contribution in [-0.2, 0) is 13.1 Å². The van der Waals surface area contributed by atoms with Crippen LogP contribution in [0.5, 0.6) is 0 Å². The Morgan fingerprint density at radius 3 is 2.80 bits per heavy atom. The number of piperazine rings is 1. The molecule has 0 bridgehead atoms. The van der Waals surface area contributed by atoms with E-state index >= 15 is 0 Å². The highest BCUT2D eigenvalue weighted by atomic mass is 16.3. The first kappa shape index (κ1) is 15.5. The van der Waals surface area contributed by atoms with Crippen LogP contribution in [0.1, 0.15) is 37.9 Å². The Balaban J connectivity index is 1.91. The van der Waals surface area contributed by atoms with Gasteiger partial charge in [-0.2, -0.15) is 0 Å². The van der Waals surface area contributed by atoms with E-state index in [1.165, 1.54) is 5.56 Å². The molecule has 20 heavy (non-hydrogen) atoms. The zero-order valence-electron chi connectivity index (χ0n) is 13.6. The third kappa shape index (κ3) is 4.08. The van der Waals surface area contributed by atoms with Gasteiger partial charge in [-0.25, -0.2) is 0 Å². The molecular weight excluding hydrogens is 250 g/mol. The summed E-state index contributed by atoms with van der Waals surface area (Å²) >= 11 is 0. The molecule has 1 atom stereocenters. The zero-order chi connectivity index (χ0) is 14.7. The number of aryl methyl sites for hydroxylation is 1. The summed E-state index contributed by atoms with van der Waals surface area (Å²) in [6.45, 7) is 13.9. The van der Waals surface area contributed by atoms with Crippen molar-refractivity contribution in [2.75, 3.05) is 26.7 Å². The second kappa shape index (κ2) is 6.74. The molecule has 1 saturated heterocycles. The first-order valence-corrected chi connectivity index (χ1v) is 7.70. The van der Waals surface area contributed by atoms with Crippen LogP contribution in [0.3, 0.4) is 0 Å². The number of furan rings is 1.